The molecule has 1 aromatic rings. The third kappa shape index (κ3) is 4.07. The minimum atomic E-state index is -0.753. The van der Waals surface area contributed by atoms with E-state index in [0.717, 1.165) is 42.2 Å². The molecule has 1 fully saturated rings. The summed E-state index contributed by atoms with van der Waals surface area (Å²) in [7, 11) is 0. The van der Waals surface area contributed by atoms with E-state index in [9.17, 15) is 5.11 Å². The first-order valence-electron chi connectivity index (χ1n) is 6.35. The molecule has 0 spiro atoms. The molecular weight excluding hydrogens is 312 g/mol. The molecule has 6 heteroatoms. The molecule has 0 bridgehead atoms. The molecule has 1 aliphatic heterocycles. The summed E-state index contributed by atoms with van der Waals surface area (Å²) in [6.45, 7) is 3.26. The number of anilines is 2. The van der Waals surface area contributed by atoms with Crippen LogP contribution in [0.15, 0.2) is 22.7 Å². The number of hydrogen-bond acceptors (Lipinski definition) is 5. The molecule has 3 N–H and O–H groups in total. The number of ether oxygens (including phenoxy) is 1. The summed E-state index contributed by atoms with van der Waals surface area (Å²) in [5, 5.41) is 21.5. The summed E-state index contributed by atoms with van der Waals surface area (Å²) < 4.78 is 6.33. The van der Waals surface area contributed by atoms with Crippen molar-refractivity contribution in [1.29, 1.82) is 0 Å². The summed E-state index contributed by atoms with van der Waals surface area (Å²) in [6.07, 6.45) is -0.753. The molecule has 19 heavy (non-hydrogen) atoms. The number of aliphatic hydroxyl groups is 2. The second kappa shape index (κ2) is 7.09. The van der Waals surface area contributed by atoms with Crippen LogP contribution in [0.1, 0.15) is 0 Å². The van der Waals surface area contributed by atoms with E-state index in [1.165, 1.54) is 0 Å². The molecule has 1 aromatic carbocycles. The average molecular weight is 331 g/mol. The van der Waals surface area contributed by atoms with Crippen molar-refractivity contribution in [3.63, 3.8) is 0 Å². The largest absolute Gasteiger partial charge is 0.394 e. The Morgan fingerprint density at radius 2 is 2.11 bits per heavy atom. The molecule has 1 saturated heterocycles. The van der Waals surface area contributed by atoms with Crippen LogP contribution in [-0.4, -0.2) is 55.8 Å². The van der Waals surface area contributed by atoms with Crippen molar-refractivity contribution in [3.05, 3.63) is 22.7 Å². The standard InChI is InChI=1S/C13H19BrN2O3/c14-10-1-2-13(16-3-5-19-6-4-16)12(7-10)15-8-11(18)9-17/h1-2,7,11,15,17-18H,3-6,8-9H2. The summed E-state index contributed by atoms with van der Waals surface area (Å²) in [5.74, 6) is 0. The minimum Gasteiger partial charge on any atom is -0.394 e. The van der Waals surface area contributed by atoms with Gasteiger partial charge in [-0.15, -0.1) is 0 Å². The Morgan fingerprint density at radius 3 is 2.79 bits per heavy atom. The lowest BCUT2D eigenvalue weighted by atomic mass is 10.2. The predicted octanol–water partition coefficient (Wildman–Crippen LogP) is 1.05. The van der Waals surface area contributed by atoms with Crippen molar-refractivity contribution in [3.8, 4) is 0 Å². The van der Waals surface area contributed by atoms with Gasteiger partial charge in [0, 0.05) is 24.1 Å². The molecule has 0 radical (unpaired) electrons. The van der Waals surface area contributed by atoms with Gasteiger partial charge in [-0.05, 0) is 18.2 Å². The first-order chi connectivity index (χ1) is 9.20. The molecule has 0 aliphatic carbocycles. The number of aliphatic hydroxyl groups excluding tert-OH is 2. The van der Waals surface area contributed by atoms with Gasteiger partial charge in [0.2, 0.25) is 0 Å². The Labute approximate surface area is 121 Å². The Bertz CT molecular complexity index is 411. The number of nitrogens with one attached hydrogen (secondary N) is 1. The van der Waals surface area contributed by atoms with Crippen molar-refractivity contribution in [2.45, 2.75) is 6.10 Å². The normalized spacial score (nSPS) is 17.3. The molecule has 1 aliphatic rings. The van der Waals surface area contributed by atoms with E-state index in [1.807, 2.05) is 18.2 Å². The number of halogens is 1. The van der Waals surface area contributed by atoms with Crippen LogP contribution in [0.5, 0.6) is 0 Å². The fourth-order valence-corrected chi connectivity index (χ4v) is 2.38. The Morgan fingerprint density at radius 1 is 1.37 bits per heavy atom. The van der Waals surface area contributed by atoms with Gasteiger partial charge in [0.05, 0.1) is 37.3 Å². The van der Waals surface area contributed by atoms with Crippen molar-refractivity contribution in [2.75, 3.05) is 49.7 Å². The van der Waals surface area contributed by atoms with Crippen LogP contribution < -0.4 is 10.2 Å². The van der Waals surface area contributed by atoms with Gasteiger partial charge < -0.3 is 25.2 Å². The summed E-state index contributed by atoms with van der Waals surface area (Å²) >= 11 is 3.45. The number of morpholine rings is 1. The van der Waals surface area contributed by atoms with E-state index in [1.54, 1.807) is 0 Å². The number of rotatable bonds is 5. The van der Waals surface area contributed by atoms with Gasteiger partial charge in [0.1, 0.15) is 0 Å². The molecule has 0 saturated carbocycles. The molecule has 0 amide bonds. The number of benzene rings is 1. The summed E-state index contributed by atoms with van der Waals surface area (Å²) in [4.78, 5) is 2.25. The highest BCUT2D eigenvalue weighted by molar-refractivity contribution is 9.10. The highest BCUT2D eigenvalue weighted by Crippen LogP contribution is 2.29. The molecular formula is C13H19BrN2O3. The van der Waals surface area contributed by atoms with Crippen LogP contribution in [0, 0.1) is 0 Å². The van der Waals surface area contributed by atoms with Crippen LogP contribution in [0.3, 0.4) is 0 Å². The van der Waals surface area contributed by atoms with Crippen molar-refractivity contribution >= 4 is 27.3 Å². The molecule has 1 unspecified atom stereocenters. The molecule has 2 rings (SSSR count). The van der Waals surface area contributed by atoms with Crippen LogP contribution >= 0.6 is 15.9 Å². The lowest BCUT2D eigenvalue weighted by Gasteiger charge is -2.31. The van der Waals surface area contributed by atoms with Crippen LogP contribution in [0.2, 0.25) is 0 Å². The highest BCUT2D eigenvalue weighted by Gasteiger charge is 2.15. The fourth-order valence-electron chi connectivity index (χ4n) is 2.02. The summed E-state index contributed by atoms with van der Waals surface area (Å²) in [6, 6.07) is 6.02. The van der Waals surface area contributed by atoms with Crippen LogP contribution in [-0.2, 0) is 4.74 Å². The van der Waals surface area contributed by atoms with Gasteiger partial charge in [0.25, 0.3) is 0 Å². The average Bonchev–Trinajstić information content (AvgIpc) is 2.45. The Kier molecular flexibility index (Phi) is 5.45. The van der Waals surface area contributed by atoms with E-state index in [0.29, 0.717) is 6.54 Å². The van der Waals surface area contributed by atoms with E-state index < -0.39 is 6.10 Å². The molecule has 1 heterocycles. The SMILES string of the molecule is OCC(O)CNc1cc(Br)ccc1N1CCOCC1. The maximum absolute atomic E-state index is 9.43. The smallest absolute Gasteiger partial charge is 0.0942 e. The molecule has 1 atom stereocenters. The van der Waals surface area contributed by atoms with Gasteiger partial charge in [-0.25, -0.2) is 0 Å². The van der Waals surface area contributed by atoms with E-state index >= 15 is 0 Å². The van der Waals surface area contributed by atoms with Crippen molar-refractivity contribution in [2.24, 2.45) is 0 Å². The van der Waals surface area contributed by atoms with Crippen molar-refractivity contribution < 1.29 is 14.9 Å². The Hall–Kier alpha value is -0.820. The zero-order chi connectivity index (χ0) is 13.7. The number of hydrogen-bond donors (Lipinski definition) is 3. The zero-order valence-corrected chi connectivity index (χ0v) is 12.3. The number of nitrogens with zero attached hydrogens (tertiary/aromatic N) is 1. The monoisotopic (exact) mass is 330 g/mol. The van der Waals surface area contributed by atoms with Gasteiger partial charge >= 0.3 is 0 Å². The van der Waals surface area contributed by atoms with Crippen LogP contribution in [0.4, 0.5) is 11.4 Å². The maximum Gasteiger partial charge on any atom is 0.0942 e. The van der Waals surface area contributed by atoms with Gasteiger partial charge in [-0.3, -0.25) is 0 Å². The second-order valence-corrected chi connectivity index (χ2v) is 5.39. The second-order valence-electron chi connectivity index (χ2n) is 4.48. The first-order valence-corrected chi connectivity index (χ1v) is 7.15. The zero-order valence-electron chi connectivity index (χ0n) is 10.7. The predicted molar refractivity (Wildman–Crippen MR) is 78.8 cm³/mol. The topological polar surface area (TPSA) is 65.0 Å². The minimum absolute atomic E-state index is 0.242. The van der Waals surface area contributed by atoms with Gasteiger partial charge in [-0.1, -0.05) is 15.9 Å². The molecule has 0 aromatic heterocycles. The van der Waals surface area contributed by atoms with E-state index in [2.05, 4.69) is 26.1 Å². The van der Waals surface area contributed by atoms with Gasteiger partial charge in [0.15, 0.2) is 0 Å². The lowest BCUT2D eigenvalue weighted by Crippen LogP contribution is -2.36. The lowest BCUT2D eigenvalue weighted by molar-refractivity contribution is 0.105. The Balaban J connectivity index is 2.12. The highest BCUT2D eigenvalue weighted by atomic mass is 79.9. The fraction of sp³-hybridized carbons (Fsp3) is 0.538. The quantitative estimate of drug-likeness (QED) is 0.753. The summed E-state index contributed by atoms with van der Waals surface area (Å²) in [5.41, 5.74) is 2.04. The van der Waals surface area contributed by atoms with Crippen LogP contribution in [0.25, 0.3) is 0 Å². The third-order valence-corrected chi connectivity index (χ3v) is 3.54. The van der Waals surface area contributed by atoms with E-state index in [-0.39, 0.29) is 6.61 Å². The maximum atomic E-state index is 9.43. The molecule has 106 valence electrons. The van der Waals surface area contributed by atoms with Crippen molar-refractivity contribution in [1.82, 2.24) is 0 Å². The first kappa shape index (κ1) is 14.6. The third-order valence-electron chi connectivity index (χ3n) is 3.05. The van der Waals surface area contributed by atoms with E-state index in [4.69, 9.17) is 9.84 Å². The molecule has 5 nitrogen and oxygen atoms in total. The van der Waals surface area contributed by atoms with Gasteiger partial charge in [-0.2, -0.15) is 0 Å².